The molecule has 1 aromatic rings. The van der Waals surface area contributed by atoms with Crippen LogP contribution in [0.15, 0.2) is 30.3 Å². The highest BCUT2D eigenvalue weighted by molar-refractivity contribution is 5.94. The fraction of sp³-hybridized carbons (Fsp3) is 0.577. The van der Waals surface area contributed by atoms with E-state index in [1.807, 2.05) is 33.8 Å². The van der Waals surface area contributed by atoms with Crippen LogP contribution in [-0.4, -0.2) is 58.9 Å². The van der Waals surface area contributed by atoms with Gasteiger partial charge in [-0.05, 0) is 36.7 Å². The second kappa shape index (κ2) is 15.6. The van der Waals surface area contributed by atoms with E-state index >= 15 is 0 Å². The van der Waals surface area contributed by atoms with Gasteiger partial charge < -0.3 is 32.5 Å². The summed E-state index contributed by atoms with van der Waals surface area (Å²) in [4.78, 5) is 61.7. The Hall–Kier alpha value is -3.47. The minimum atomic E-state index is -1.17. The van der Waals surface area contributed by atoms with E-state index in [9.17, 15) is 29.1 Å². The number of carbonyl (C=O) groups excluding carboxylic acids is 4. The third-order valence-electron chi connectivity index (χ3n) is 5.62. The van der Waals surface area contributed by atoms with Gasteiger partial charge >= 0.3 is 5.97 Å². The van der Waals surface area contributed by atoms with Crippen molar-refractivity contribution in [2.24, 2.45) is 23.3 Å². The first-order chi connectivity index (χ1) is 17.3. The second-order valence-corrected chi connectivity index (χ2v) is 10.1. The summed E-state index contributed by atoms with van der Waals surface area (Å²) in [6.07, 6.45) is 0.568. The Kier molecular flexibility index (Phi) is 13.3. The lowest BCUT2D eigenvalue weighted by atomic mass is 9.99. The average molecular weight is 520 g/mol. The molecule has 11 nitrogen and oxygen atoms in total. The number of nitrogens with one attached hydrogen (secondary N) is 3. The van der Waals surface area contributed by atoms with Crippen molar-refractivity contribution in [1.82, 2.24) is 16.0 Å². The third-order valence-corrected chi connectivity index (χ3v) is 5.62. The predicted octanol–water partition coefficient (Wildman–Crippen LogP) is 0.453. The fourth-order valence-electron chi connectivity index (χ4n) is 3.71. The van der Waals surface area contributed by atoms with Gasteiger partial charge in [0.05, 0.1) is 6.04 Å². The van der Waals surface area contributed by atoms with Gasteiger partial charge in [-0.15, -0.1) is 0 Å². The van der Waals surface area contributed by atoms with Crippen LogP contribution in [0.3, 0.4) is 0 Å². The molecule has 11 heteroatoms. The Morgan fingerprint density at radius 2 is 1.27 bits per heavy atom. The summed E-state index contributed by atoms with van der Waals surface area (Å²) >= 11 is 0. The molecule has 206 valence electrons. The maximum Gasteiger partial charge on any atom is 0.326 e. The normalized spacial score (nSPS) is 14.4. The van der Waals surface area contributed by atoms with Crippen LogP contribution < -0.4 is 27.4 Å². The Morgan fingerprint density at radius 1 is 0.784 bits per heavy atom. The van der Waals surface area contributed by atoms with Gasteiger partial charge in [0.1, 0.15) is 18.1 Å². The molecule has 37 heavy (non-hydrogen) atoms. The number of carboxylic acids is 1. The molecule has 0 aromatic heterocycles. The summed E-state index contributed by atoms with van der Waals surface area (Å²) in [7, 11) is 0. The summed E-state index contributed by atoms with van der Waals surface area (Å²) in [5.74, 6) is -3.58. The first-order valence-corrected chi connectivity index (χ1v) is 12.5. The van der Waals surface area contributed by atoms with E-state index in [1.54, 1.807) is 24.3 Å². The minimum absolute atomic E-state index is 0.0155. The molecule has 0 fully saturated rings. The molecular weight excluding hydrogens is 478 g/mol. The number of aliphatic carboxylic acids is 1. The van der Waals surface area contributed by atoms with Crippen LogP contribution in [-0.2, 0) is 30.4 Å². The molecular formula is C26H41N5O6. The second-order valence-electron chi connectivity index (χ2n) is 10.1. The van der Waals surface area contributed by atoms with Gasteiger partial charge in [0.15, 0.2) is 0 Å². The van der Waals surface area contributed by atoms with Crippen molar-refractivity contribution in [2.45, 2.75) is 84.0 Å². The molecule has 4 unspecified atom stereocenters. The minimum Gasteiger partial charge on any atom is -0.480 e. The van der Waals surface area contributed by atoms with Crippen LogP contribution in [0.4, 0.5) is 0 Å². The topological polar surface area (TPSA) is 194 Å². The largest absolute Gasteiger partial charge is 0.480 e. The van der Waals surface area contributed by atoms with Gasteiger partial charge in [-0.3, -0.25) is 19.2 Å². The first kappa shape index (κ1) is 31.6. The summed E-state index contributed by atoms with van der Waals surface area (Å²) in [6.45, 7) is 7.44. The van der Waals surface area contributed by atoms with Crippen LogP contribution in [0, 0.1) is 11.8 Å². The van der Waals surface area contributed by atoms with Gasteiger partial charge in [-0.25, -0.2) is 4.79 Å². The van der Waals surface area contributed by atoms with E-state index in [0.29, 0.717) is 0 Å². The van der Waals surface area contributed by atoms with Crippen molar-refractivity contribution in [2.75, 3.05) is 0 Å². The van der Waals surface area contributed by atoms with Crippen LogP contribution in [0.25, 0.3) is 0 Å². The highest BCUT2D eigenvalue weighted by Crippen LogP contribution is 2.10. The fourth-order valence-corrected chi connectivity index (χ4v) is 3.71. The number of carbonyl (C=O) groups is 5. The highest BCUT2D eigenvalue weighted by atomic mass is 16.4. The van der Waals surface area contributed by atoms with Crippen LogP contribution in [0.5, 0.6) is 0 Å². The molecule has 1 aromatic carbocycles. The number of carboxylic acid groups (broad SMARTS) is 1. The Balaban J connectivity index is 3.10. The van der Waals surface area contributed by atoms with E-state index in [2.05, 4.69) is 16.0 Å². The van der Waals surface area contributed by atoms with Crippen molar-refractivity contribution < 1.29 is 29.1 Å². The number of benzene rings is 1. The van der Waals surface area contributed by atoms with Crippen molar-refractivity contribution >= 4 is 29.6 Å². The lowest BCUT2D eigenvalue weighted by Gasteiger charge is -2.26. The quantitative estimate of drug-likeness (QED) is 0.182. The summed E-state index contributed by atoms with van der Waals surface area (Å²) in [5.41, 5.74) is 11.7. The van der Waals surface area contributed by atoms with E-state index in [0.717, 1.165) is 5.56 Å². The molecule has 0 aliphatic carbocycles. The van der Waals surface area contributed by atoms with Crippen LogP contribution in [0.1, 0.15) is 58.9 Å². The molecule has 0 aliphatic rings. The lowest BCUT2D eigenvalue weighted by Crippen LogP contribution is -2.58. The SMILES string of the molecule is CC(C)CC(NC(=O)C(Cc1ccccc1)NC(=O)C(CC(C)C)NC(=O)C(N)CCC(N)=O)C(=O)O. The molecule has 0 saturated carbocycles. The van der Waals surface area contributed by atoms with Crippen LogP contribution >= 0.6 is 0 Å². The molecule has 4 atom stereocenters. The number of primary amides is 1. The molecule has 0 heterocycles. The van der Waals surface area contributed by atoms with Crippen molar-refractivity contribution in [3.63, 3.8) is 0 Å². The molecule has 1 rings (SSSR count). The zero-order valence-electron chi connectivity index (χ0n) is 22.0. The molecule has 0 radical (unpaired) electrons. The van der Waals surface area contributed by atoms with Crippen LogP contribution in [0.2, 0.25) is 0 Å². The summed E-state index contributed by atoms with van der Waals surface area (Å²) in [6, 6.07) is 4.75. The number of hydrogen-bond donors (Lipinski definition) is 6. The molecule has 0 spiro atoms. The predicted molar refractivity (Wildman–Crippen MR) is 139 cm³/mol. The van der Waals surface area contributed by atoms with Gasteiger partial charge in [0.2, 0.25) is 23.6 Å². The Labute approximate surface area is 218 Å². The monoisotopic (exact) mass is 519 g/mol. The van der Waals surface area contributed by atoms with E-state index in [1.165, 1.54) is 0 Å². The summed E-state index contributed by atoms with van der Waals surface area (Å²) < 4.78 is 0. The standard InChI is InChI=1S/C26H41N5O6/c1-15(2)12-19(29-23(33)18(27)10-11-22(28)32)24(34)30-20(14-17-8-6-5-7-9-17)25(35)31-21(26(36)37)13-16(3)4/h5-9,15-16,18-21H,10-14,27H2,1-4H3,(H2,28,32)(H,29,33)(H,30,34)(H,31,35)(H,36,37). The smallest absolute Gasteiger partial charge is 0.326 e. The van der Waals surface area contributed by atoms with Crippen molar-refractivity contribution in [3.8, 4) is 0 Å². The number of nitrogens with two attached hydrogens (primary N) is 2. The molecule has 4 amide bonds. The Morgan fingerprint density at radius 3 is 1.78 bits per heavy atom. The first-order valence-electron chi connectivity index (χ1n) is 12.5. The maximum atomic E-state index is 13.3. The van der Waals surface area contributed by atoms with E-state index in [-0.39, 0.29) is 43.9 Å². The highest BCUT2D eigenvalue weighted by Gasteiger charge is 2.31. The van der Waals surface area contributed by atoms with Gasteiger partial charge in [0, 0.05) is 12.8 Å². The average Bonchev–Trinajstić information content (AvgIpc) is 2.80. The zero-order valence-corrected chi connectivity index (χ0v) is 22.0. The van der Waals surface area contributed by atoms with Crippen molar-refractivity contribution in [1.29, 1.82) is 0 Å². The van der Waals surface area contributed by atoms with E-state index in [4.69, 9.17) is 11.5 Å². The van der Waals surface area contributed by atoms with Gasteiger partial charge in [-0.1, -0.05) is 58.0 Å². The number of rotatable bonds is 16. The molecule has 0 aliphatic heterocycles. The number of amides is 4. The summed E-state index contributed by atoms with van der Waals surface area (Å²) in [5, 5.41) is 17.4. The van der Waals surface area contributed by atoms with E-state index < -0.39 is 53.8 Å². The molecule has 8 N–H and O–H groups in total. The third kappa shape index (κ3) is 12.4. The van der Waals surface area contributed by atoms with Crippen molar-refractivity contribution in [3.05, 3.63) is 35.9 Å². The molecule has 0 bridgehead atoms. The van der Waals surface area contributed by atoms with Gasteiger partial charge in [-0.2, -0.15) is 0 Å². The Bertz CT molecular complexity index is 921. The number of hydrogen-bond acceptors (Lipinski definition) is 6. The van der Waals surface area contributed by atoms with Gasteiger partial charge in [0.25, 0.3) is 0 Å². The lowest BCUT2D eigenvalue weighted by molar-refractivity contribution is -0.142. The maximum absolute atomic E-state index is 13.3. The zero-order chi connectivity index (χ0) is 28.1. The molecule has 0 saturated heterocycles.